The summed E-state index contributed by atoms with van der Waals surface area (Å²) in [4.78, 5) is 12.4. The summed E-state index contributed by atoms with van der Waals surface area (Å²) in [5.41, 5.74) is 1.23. The summed E-state index contributed by atoms with van der Waals surface area (Å²) in [5.74, 6) is 1.57. The van der Waals surface area contributed by atoms with Gasteiger partial charge in [0.05, 0.1) is 0 Å². The van der Waals surface area contributed by atoms with Gasteiger partial charge in [-0.05, 0) is 47.6 Å². The van der Waals surface area contributed by atoms with Gasteiger partial charge in [-0.1, -0.05) is 31.5 Å². The highest BCUT2D eigenvalue weighted by molar-refractivity contribution is 7.17. The summed E-state index contributed by atoms with van der Waals surface area (Å²) in [6.45, 7) is 2.24. The predicted molar refractivity (Wildman–Crippen MR) is 81.7 cm³/mol. The van der Waals surface area contributed by atoms with Crippen LogP contribution in [0.2, 0.25) is 0 Å². The van der Waals surface area contributed by atoms with E-state index in [4.69, 9.17) is 0 Å². The Bertz CT molecular complexity index is 584. The molecule has 0 aliphatic heterocycles. The molecule has 2 atom stereocenters. The molecule has 0 saturated heterocycles. The minimum Gasteiger partial charge on any atom is -0.299 e. The molecule has 1 aliphatic rings. The van der Waals surface area contributed by atoms with Gasteiger partial charge in [0.1, 0.15) is 5.78 Å². The average Bonchev–Trinajstić information content (AvgIpc) is 3.06. The van der Waals surface area contributed by atoms with Crippen LogP contribution >= 0.6 is 11.3 Å². The van der Waals surface area contributed by atoms with E-state index in [9.17, 15) is 4.79 Å². The van der Waals surface area contributed by atoms with Crippen molar-refractivity contribution in [3.8, 4) is 0 Å². The van der Waals surface area contributed by atoms with Crippen molar-refractivity contribution in [2.45, 2.75) is 39.0 Å². The zero-order valence-corrected chi connectivity index (χ0v) is 12.2. The van der Waals surface area contributed by atoms with E-state index >= 15 is 0 Å². The van der Waals surface area contributed by atoms with Gasteiger partial charge in [0, 0.05) is 17.0 Å². The molecule has 1 nitrogen and oxygen atoms in total. The van der Waals surface area contributed by atoms with Crippen LogP contribution in [0.3, 0.4) is 0 Å². The van der Waals surface area contributed by atoms with E-state index in [2.05, 4.69) is 36.6 Å². The molecule has 0 bridgehead atoms. The van der Waals surface area contributed by atoms with Gasteiger partial charge in [0.2, 0.25) is 0 Å². The first kappa shape index (κ1) is 12.9. The van der Waals surface area contributed by atoms with Gasteiger partial charge in [-0.3, -0.25) is 4.79 Å². The van der Waals surface area contributed by atoms with Crippen molar-refractivity contribution < 1.29 is 4.79 Å². The maximum atomic E-state index is 12.4. The molecule has 2 unspecified atom stereocenters. The van der Waals surface area contributed by atoms with Crippen molar-refractivity contribution in [2.24, 2.45) is 11.8 Å². The van der Waals surface area contributed by atoms with E-state index < -0.39 is 0 Å². The van der Waals surface area contributed by atoms with Crippen molar-refractivity contribution in [3.63, 3.8) is 0 Å². The van der Waals surface area contributed by atoms with Crippen LogP contribution in [-0.2, 0) is 11.2 Å². The van der Waals surface area contributed by atoms with Gasteiger partial charge in [0.25, 0.3) is 0 Å². The van der Waals surface area contributed by atoms with Crippen LogP contribution in [0.5, 0.6) is 0 Å². The van der Waals surface area contributed by atoms with Crippen LogP contribution in [0, 0.1) is 11.8 Å². The third kappa shape index (κ3) is 2.59. The van der Waals surface area contributed by atoms with Gasteiger partial charge < -0.3 is 0 Å². The monoisotopic (exact) mass is 272 g/mol. The van der Waals surface area contributed by atoms with Crippen LogP contribution in [-0.4, -0.2) is 5.78 Å². The fourth-order valence-electron chi connectivity index (χ4n) is 3.24. The molecule has 0 radical (unpaired) electrons. The zero-order valence-electron chi connectivity index (χ0n) is 11.4. The first-order chi connectivity index (χ1) is 9.28. The Morgan fingerprint density at radius 2 is 2.16 bits per heavy atom. The van der Waals surface area contributed by atoms with Crippen molar-refractivity contribution >= 4 is 27.2 Å². The van der Waals surface area contributed by atoms with Crippen LogP contribution in [0.1, 0.15) is 38.2 Å². The molecule has 1 aromatic carbocycles. The van der Waals surface area contributed by atoms with E-state index in [1.54, 1.807) is 11.3 Å². The molecule has 1 aromatic heterocycles. The standard InChI is InChI=1S/C17H20OS/c1-2-12-7-8-13(9-12)16(18)10-14-11-19-17-6-4-3-5-15(14)17/h3-6,11-13H,2,7-10H2,1H3. The SMILES string of the molecule is CCC1CCC(C(=O)Cc2csc3ccccc23)C1. The molecule has 3 rings (SSSR count). The quantitative estimate of drug-likeness (QED) is 0.778. The highest BCUT2D eigenvalue weighted by Gasteiger charge is 2.28. The number of rotatable bonds is 4. The predicted octanol–water partition coefficient (Wildman–Crippen LogP) is 4.84. The minimum absolute atomic E-state index is 0.323. The van der Waals surface area contributed by atoms with E-state index in [-0.39, 0.29) is 0 Å². The minimum atomic E-state index is 0.323. The number of benzene rings is 1. The number of carbonyl (C=O) groups is 1. The molecule has 19 heavy (non-hydrogen) atoms. The lowest BCUT2D eigenvalue weighted by atomic mass is 9.95. The second-order valence-corrected chi connectivity index (χ2v) is 6.60. The molecule has 0 spiro atoms. The Morgan fingerprint density at radius 1 is 1.32 bits per heavy atom. The molecular formula is C17H20OS. The van der Waals surface area contributed by atoms with E-state index in [0.29, 0.717) is 18.1 Å². The third-order valence-corrected chi connectivity index (χ3v) is 5.51. The molecule has 2 aromatic rings. The smallest absolute Gasteiger partial charge is 0.140 e. The Labute approximate surface area is 118 Å². The van der Waals surface area contributed by atoms with Crippen LogP contribution in [0.25, 0.3) is 10.1 Å². The first-order valence-corrected chi connectivity index (χ1v) is 8.13. The number of ketones is 1. The summed E-state index contributed by atoms with van der Waals surface area (Å²) < 4.78 is 1.29. The number of hydrogen-bond acceptors (Lipinski definition) is 2. The topological polar surface area (TPSA) is 17.1 Å². The molecule has 2 heteroatoms. The lowest BCUT2D eigenvalue weighted by molar-refractivity contribution is -0.122. The fraction of sp³-hybridized carbons (Fsp3) is 0.471. The first-order valence-electron chi connectivity index (χ1n) is 7.25. The number of fused-ring (bicyclic) bond motifs is 1. The van der Waals surface area contributed by atoms with Crippen molar-refractivity contribution in [1.29, 1.82) is 0 Å². The van der Waals surface area contributed by atoms with E-state index in [0.717, 1.165) is 18.8 Å². The Morgan fingerprint density at radius 3 is 2.95 bits per heavy atom. The highest BCUT2D eigenvalue weighted by Crippen LogP contribution is 2.35. The lowest BCUT2D eigenvalue weighted by Crippen LogP contribution is -2.13. The molecule has 0 amide bonds. The van der Waals surface area contributed by atoms with Crippen LogP contribution in [0.4, 0.5) is 0 Å². The number of hydrogen-bond donors (Lipinski definition) is 0. The van der Waals surface area contributed by atoms with E-state index in [1.165, 1.54) is 28.5 Å². The average molecular weight is 272 g/mol. The Balaban J connectivity index is 1.73. The summed E-state index contributed by atoms with van der Waals surface area (Å²) in [5, 5.41) is 3.43. The highest BCUT2D eigenvalue weighted by atomic mass is 32.1. The third-order valence-electron chi connectivity index (χ3n) is 4.50. The van der Waals surface area contributed by atoms with Crippen LogP contribution in [0.15, 0.2) is 29.6 Å². The molecule has 100 valence electrons. The zero-order chi connectivity index (χ0) is 13.2. The normalized spacial score (nSPS) is 23.0. The molecule has 0 N–H and O–H groups in total. The van der Waals surface area contributed by atoms with Crippen molar-refractivity contribution in [3.05, 3.63) is 35.2 Å². The summed E-state index contributed by atoms with van der Waals surface area (Å²) in [6.07, 6.45) is 5.34. The second-order valence-electron chi connectivity index (χ2n) is 5.68. The van der Waals surface area contributed by atoms with Gasteiger partial charge in [-0.15, -0.1) is 11.3 Å². The number of Topliss-reactive ketones (excluding diaryl/α,β-unsaturated/α-hetero) is 1. The summed E-state index contributed by atoms with van der Waals surface area (Å²) in [6, 6.07) is 8.40. The Kier molecular flexibility index (Phi) is 3.69. The van der Waals surface area contributed by atoms with Gasteiger partial charge >= 0.3 is 0 Å². The number of thiophene rings is 1. The molecule has 1 heterocycles. The van der Waals surface area contributed by atoms with Crippen molar-refractivity contribution in [2.75, 3.05) is 0 Å². The number of carbonyl (C=O) groups excluding carboxylic acids is 1. The molecule has 1 saturated carbocycles. The van der Waals surface area contributed by atoms with Gasteiger partial charge in [-0.25, -0.2) is 0 Å². The Hall–Kier alpha value is -1.15. The van der Waals surface area contributed by atoms with Gasteiger partial charge in [0.15, 0.2) is 0 Å². The fourth-order valence-corrected chi connectivity index (χ4v) is 4.20. The van der Waals surface area contributed by atoms with Gasteiger partial charge in [-0.2, -0.15) is 0 Å². The maximum Gasteiger partial charge on any atom is 0.140 e. The second kappa shape index (κ2) is 5.46. The molecule has 1 fully saturated rings. The molecular weight excluding hydrogens is 252 g/mol. The maximum absolute atomic E-state index is 12.4. The van der Waals surface area contributed by atoms with Crippen molar-refractivity contribution in [1.82, 2.24) is 0 Å². The molecule has 1 aliphatic carbocycles. The summed E-state index contributed by atoms with van der Waals surface area (Å²) in [7, 11) is 0. The largest absolute Gasteiger partial charge is 0.299 e. The van der Waals surface area contributed by atoms with Crippen LogP contribution < -0.4 is 0 Å². The van der Waals surface area contributed by atoms with E-state index in [1.807, 2.05) is 0 Å². The lowest BCUT2D eigenvalue weighted by Gasteiger charge is -2.08. The summed E-state index contributed by atoms with van der Waals surface area (Å²) >= 11 is 1.75.